The Labute approximate surface area is 162 Å². The molecule has 0 fully saturated rings. The summed E-state index contributed by atoms with van der Waals surface area (Å²) in [5, 5.41) is 0. The van der Waals surface area contributed by atoms with Gasteiger partial charge in [0, 0.05) is 6.38 Å². The molecule has 0 saturated heterocycles. The van der Waals surface area contributed by atoms with Gasteiger partial charge in [0.1, 0.15) is 0 Å². The van der Waals surface area contributed by atoms with Gasteiger partial charge in [0.15, 0.2) is 0 Å². The van der Waals surface area contributed by atoms with Gasteiger partial charge in [-0.15, -0.1) is 11.6 Å². The Kier molecular flexibility index (Phi) is 6.13. The van der Waals surface area contributed by atoms with Crippen molar-refractivity contribution in [1.29, 1.82) is 0 Å². The molecule has 2 aliphatic rings. The summed E-state index contributed by atoms with van der Waals surface area (Å²) in [4.78, 5) is 0. The molecule has 24 heavy (non-hydrogen) atoms. The molecule has 2 aromatic rings. The molecule has 0 heterocycles. The maximum atomic E-state index is 4.64. The summed E-state index contributed by atoms with van der Waals surface area (Å²) in [6.45, 7) is 5.07. The fraction of sp³-hybridized carbons (Fsp3) is 0.238. The third-order valence-electron chi connectivity index (χ3n) is 4.58. The van der Waals surface area contributed by atoms with Crippen LogP contribution in [-0.2, 0) is 22.4 Å². The van der Waals surface area contributed by atoms with Crippen molar-refractivity contribution < 1.29 is 22.4 Å². The first kappa shape index (κ1) is 18.1. The second kappa shape index (κ2) is 8.13. The summed E-state index contributed by atoms with van der Waals surface area (Å²) >= 11 is 4.33. The van der Waals surface area contributed by atoms with Crippen LogP contribution >= 0.6 is 11.6 Å². The Morgan fingerprint density at radius 2 is 1.46 bits per heavy atom. The van der Waals surface area contributed by atoms with Crippen LogP contribution in [0.3, 0.4) is 0 Å². The molecular formula is C21H23ClSiZr. The Morgan fingerprint density at radius 3 is 2.00 bits per heavy atom. The maximum absolute atomic E-state index is 4.64. The van der Waals surface area contributed by atoms with Crippen LogP contribution in [-0.4, -0.2) is 12.3 Å². The average Bonchev–Trinajstić information content (AvgIpc) is 3.18. The Morgan fingerprint density at radius 1 is 0.917 bits per heavy atom. The van der Waals surface area contributed by atoms with Gasteiger partial charge in [0.25, 0.3) is 0 Å². The molecule has 0 aromatic heterocycles. The third kappa shape index (κ3) is 3.34. The molecule has 2 aliphatic carbocycles. The van der Waals surface area contributed by atoms with Crippen molar-refractivity contribution in [3.05, 3.63) is 80.7 Å². The zero-order valence-corrected chi connectivity index (χ0v) is 18.9. The van der Waals surface area contributed by atoms with Gasteiger partial charge in [-0.05, 0) is 0 Å². The van der Waals surface area contributed by atoms with E-state index in [1.165, 1.54) is 35.1 Å². The summed E-state index contributed by atoms with van der Waals surface area (Å²) in [7, 11) is 0. The van der Waals surface area contributed by atoms with Gasteiger partial charge in [-0.2, -0.15) is 0 Å². The quantitative estimate of drug-likeness (QED) is 0.418. The van der Waals surface area contributed by atoms with Gasteiger partial charge in [-0.1, -0.05) is 0 Å². The van der Waals surface area contributed by atoms with Gasteiger partial charge >= 0.3 is 146 Å². The van der Waals surface area contributed by atoms with E-state index in [9.17, 15) is 0 Å². The molecule has 3 heteroatoms. The Hall–Kier alpha value is -0.690. The molecule has 0 aliphatic heterocycles. The predicted octanol–water partition coefficient (Wildman–Crippen LogP) is 5.93. The Bertz CT molecular complexity index is 746. The summed E-state index contributed by atoms with van der Waals surface area (Å²) in [6, 6.07) is 18.0. The molecule has 0 atom stereocenters. The monoisotopic (exact) mass is 428 g/mol. The second-order valence-electron chi connectivity index (χ2n) is 6.45. The number of benzene rings is 2. The van der Waals surface area contributed by atoms with Crippen LogP contribution in [0.1, 0.15) is 23.5 Å². The number of hydrogen-bond acceptors (Lipinski definition) is 0. The molecule has 0 saturated carbocycles. The van der Waals surface area contributed by atoms with Crippen molar-refractivity contribution >= 4 is 17.5 Å². The van der Waals surface area contributed by atoms with E-state index in [-0.39, 0.29) is 22.4 Å². The normalized spacial score (nSPS) is 15.2. The number of rotatable bonds is 3. The zero-order chi connectivity index (χ0) is 17.1. The van der Waals surface area contributed by atoms with Gasteiger partial charge in [-0.3, -0.25) is 0 Å². The van der Waals surface area contributed by atoms with Crippen LogP contribution in [0.4, 0.5) is 0 Å². The fourth-order valence-electron chi connectivity index (χ4n) is 3.77. The first-order chi connectivity index (χ1) is 11.8. The summed E-state index contributed by atoms with van der Waals surface area (Å²) < 4.78 is 1.86. The molecule has 0 unspecified atom stereocenters. The van der Waals surface area contributed by atoms with Crippen LogP contribution in [0.25, 0.3) is 11.1 Å². The van der Waals surface area contributed by atoms with Gasteiger partial charge in [0.05, 0.1) is 0 Å². The first-order valence-electron chi connectivity index (χ1n) is 8.48. The van der Waals surface area contributed by atoms with Crippen molar-refractivity contribution in [3.63, 3.8) is 0 Å². The van der Waals surface area contributed by atoms with Crippen molar-refractivity contribution in [2.24, 2.45) is 0 Å². The fourth-order valence-corrected chi connectivity index (χ4v) is 12.8. The predicted molar refractivity (Wildman–Crippen MR) is 105 cm³/mol. The van der Waals surface area contributed by atoms with E-state index in [4.69, 9.17) is 0 Å². The van der Waals surface area contributed by atoms with Gasteiger partial charge < -0.3 is 0 Å². The molecule has 0 radical (unpaired) electrons. The number of halogens is 1. The van der Waals surface area contributed by atoms with Crippen LogP contribution < -0.4 is 0 Å². The summed E-state index contributed by atoms with van der Waals surface area (Å²) in [6.07, 6.45) is 7.57. The first-order valence-corrected chi connectivity index (χ1v) is 17.6. The van der Waals surface area contributed by atoms with Crippen molar-refractivity contribution in [1.82, 2.24) is 0 Å². The molecule has 4 rings (SSSR count). The number of fused-ring (bicyclic) bond motifs is 3. The van der Waals surface area contributed by atoms with Crippen molar-refractivity contribution in [3.8, 4) is 11.1 Å². The van der Waals surface area contributed by atoms with Crippen molar-refractivity contribution in [2.45, 2.75) is 25.4 Å². The van der Waals surface area contributed by atoms with E-state index in [2.05, 4.69) is 85.4 Å². The zero-order valence-electron chi connectivity index (χ0n) is 14.5. The molecule has 2 aromatic carbocycles. The minimum atomic E-state index is -0.405. The number of hydrogen-bond donors (Lipinski definition) is 0. The van der Waals surface area contributed by atoms with E-state index < -0.39 is 5.92 Å². The van der Waals surface area contributed by atoms with E-state index in [1.807, 2.05) is 3.28 Å². The average molecular weight is 430 g/mol. The number of alkyl halides is 1. The van der Waals surface area contributed by atoms with Gasteiger partial charge in [0.2, 0.25) is 0 Å². The van der Waals surface area contributed by atoms with E-state index >= 15 is 0 Å². The topological polar surface area (TPSA) is 0 Å². The molecule has 0 bridgehead atoms. The number of allylic oxidation sites excluding steroid dienone is 4. The SMILES string of the molecule is CCl.C[SiH](C)[Zr][C]1=C(C2c3ccccc3-c3ccccc32)C=CC1. The molecule has 0 spiro atoms. The summed E-state index contributed by atoms with van der Waals surface area (Å²) in [5.41, 5.74) is 7.59. The second-order valence-corrected chi connectivity index (χ2v) is 21.2. The molecular weight excluding hydrogens is 407 g/mol. The molecule has 122 valence electrons. The van der Waals surface area contributed by atoms with Gasteiger partial charge in [-0.25, -0.2) is 0 Å². The molecule has 0 nitrogen and oxygen atoms in total. The minimum absolute atomic E-state index is 0.306. The van der Waals surface area contributed by atoms with Crippen LogP contribution in [0, 0.1) is 0 Å². The van der Waals surface area contributed by atoms with E-state index in [1.54, 1.807) is 5.57 Å². The van der Waals surface area contributed by atoms with Crippen LogP contribution in [0.15, 0.2) is 69.5 Å². The van der Waals surface area contributed by atoms with E-state index in [0.29, 0.717) is 5.92 Å². The van der Waals surface area contributed by atoms with Crippen LogP contribution in [0.2, 0.25) is 13.1 Å². The van der Waals surface area contributed by atoms with Crippen molar-refractivity contribution in [2.75, 3.05) is 6.38 Å². The standard InChI is InChI=1S/C18H13.C2H7Si.CH3Cl.Zr/c1-2-8-13(7-1)18-16-11-5-3-9-14(16)15-10-4-6-12-17(15)18;1-3-2;1-2;/h1,3-7,9-12,18H,2H2;3H,1-2H3;1H3;. The Balaban J connectivity index is 0.000000815. The van der Waals surface area contributed by atoms with E-state index in [0.717, 1.165) is 0 Å². The summed E-state index contributed by atoms with van der Waals surface area (Å²) in [5.74, 6) is 0.0897. The van der Waals surface area contributed by atoms with Crippen LogP contribution in [0.5, 0.6) is 0 Å². The molecule has 0 amide bonds. The third-order valence-corrected chi connectivity index (χ3v) is 13.5. The molecule has 0 N–H and O–H groups in total.